The van der Waals surface area contributed by atoms with Crippen molar-refractivity contribution in [2.75, 3.05) is 33.0 Å². The van der Waals surface area contributed by atoms with Gasteiger partial charge in [-0.25, -0.2) is 4.79 Å². The van der Waals surface area contributed by atoms with Crippen molar-refractivity contribution in [1.82, 2.24) is 10.6 Å². The molecular formula is C26H36N2O9. The monoisotopic (exact) mass is 520 g/mol. The van der Waals surface area contributed by atoms with Gasteiger partial charge in [-0.05, 0) is 35.1 Å². The topological polar surface area (TPSA) is 192 Å². The van der Waals surface area contributed by atoms with Crippen molar-refractivity contribution in [3.05, 3.63) is 70.8 Å². The second kappa shape index (κ2) is 13.3. The van der Waals surface area contributed by atoms with E-state index in [2.05, 4.69) is 10.6 Å². The molecule has 2 amide bonds. The number of nitrogens with one attached hydrogen (secondary N) is 2. The zero-order valence-electron chi connectivity index (χ0n) is 20.4. The highest BCUT2D eigenvalue weighted by atomic mass is 16.5. The van der Waals surface area contributed by atoms with Gasteiger partial charge in [0, 0.05) is 6.54 Å². The van der Waals surface area contributed by atoms with E-state index in [4.69, 9.17) is 4.74 Å². The van der Waals surface area contributed by atoms with E-state index in [1.165, 1.54) is 0 Å². The van der Waals surface area contributed by atoms with Gasteiger partial charge in [-0.15, -0.1) is 0 Å². The molecule has 1 unspecified atom stereocenters. The number of hydrogen-bond donors (Lipinski definition) is 9. The first-order valence-electron chi connectivity index (χ1n) is 12.1. The van der Waals surface area contributed by atoms with Gasteiger partial charge in [0.2, 0.25) is 0 Å². The molecule has 0 bridgehead atoms. The third-order valence-electron chi connectivity index (χ3n) is 6.59. The minimum Gasteiger partial charge on any atom is -0.394 e. The molecule has 0 saturated carbocycles. The molecule has 5 atom stereocenters. The normalized spacial score (nSPS) is 24.0. The summed E-state index contributed by atoms with van der Waals surface area (Å²) in [6, 6.07) is 14.6. The van der Waals surface area contributed by atoms with Crippen molar-refractivity contribution in [1.29, 1.82) is 0 Å². The lowest BCUT2D eigenvalue weighted by molar-refractivity contribution is -0.231. The number of rotatable bonds is 11. The minimum atomic E-state index is -1.48. The fourth-order valence-electron chi connectivity index (χ4n) is 4.19. The Bertz CT molecular complexity index is 990. The molecule has 204 valence electrons. The first-order chi connectivity index (χ1) is 17.8. The van der Waals surface area contributed by atoms with Crippen LogP contribution in [0.15, 0.2) is 48.5 Å². The van der Waals surface area contributed by atoms with E-state index in [0.717, 1.165) is 16.7 Å². The van der Waals surface area contributed by atoms with E-state index in [1.54, 1.807) is 6.07 Å². The smallest absolute Gasteiger partial charge is 0.315 e. The summed E-state index contributed by atoms with van der Waals surface area (Å²) in [5, 5.41) is 72.8. The maximum absolute atomic E-state index is 12.0. The van der Waals surface area contributed by atoms with Gasteiger partial charge >= 0.3 is 6.03 Å². The first-order valence-corrected chi connectivity index (χ1v) is 12.1. The number of amides is 2. The van der Waals surface area contributed by atoms with Crippen LogP contribution in [0.1, 0.15) is 28.4 Å². The Hall–Kier alpha value is -2.61. The zero-order valence-corrected chi connectivity index (χ0v) is 20.4. The highest BCUT2D eigenvalue weighted by Crippen LogP contribution is 2.33. The highest BCUT2D eigenvalue weighted by Gasteiger charge is 2.43. The number of hydrogen-bond acceptors (Lipinski definition) is 9. The summed E-state index contributed by atoms with van der Waals surface area (Å²) in [6.45, 7) is -1.96. The van der Waals surface area contributed by atoms with Gasteiger partial charge in [-0.1, -0.05) is 48.5 Å². The largest absolute Gasteiger partial charge is 0.394 e. The summed E-state index contributed by atoms with van der Waals surface area (Å²) in [4.78, 5) is 12.0. The zero-order chi connectivity index (χ0) is 27.0. The van der Waals surface area contributed by atoms with Crippen molar-refractivity contribution >= 4 is 6.03 Å². The van der Waals surface area contributed by atoms with Crippen LogP contribution in [0.3, 0.4) is 0 Å². The van der Waals surface area contributed by atoms with Crippen LogP contribution in [0.5, 0.6) is 0 Å². The van der Waals surface area contributed by atoms with Crippen LogP contribution < -0.4 is 10.6 Å². The van der Waals surface area contributed by atoms with Crippen molar-refractivity contribution in [2.24, 2.45) is 0 Å². The molecular weight excluding hydrogens is 484 g/mol. The third-order valence-corrected chi connectivity index (χ3v) is 6.59. The molecule has 0 aliphatic carbocycles. The number of benzene rings is 2. The second-order valence-corrected chi connectivity index (χ2v) is 9.37. The van der Waals surface area contributed by atoms with Gasteiger partial charge in [0.05, 0.1) is 26.4 Å². The Morgan fingerprint density at radius 1 is 0.838 bits per heavy atom. The Morgan fingerprint density at radius 2 is 1.49 bits per heavy atom. The lowest BCUT2D eigenvalue weighted by atomic mass is 9.90. The van der Waals surface area contributed by atoms with Crippen LogP contribution in [0.4, 0.5) is 4.79 Å². The summed E-state index contributed by atoms with van der Waals surface area (Å²) < 4.78 is 5.66. The van der Waals surface area contributed by atoms with Crippen molar-refractivity contribution in [3.63, 3.8) is 0 Å². The molecule has 1 aliphatic rings. The van der Waals surface area contributed by atoms with Gasteiger partial charge in [0.25, 0.3) is 0 Å². The molecule has 0 radical (unpaired) electrons. The predicted octanol–water partition coefficient (Wildman–Crippen LogP) is -1.65. The quantitative estimate of drug-likeness (QED) is 0.167. The fraction of sp³-hybridized carbons (Fsp3) is 0.500. The highest BCUT2D eigenvalue weighted by molar-refractivity contribution is 5.74. The number of carbonyl (C=O) groups is 1. The molecule has 11 nitrogen and oxygen atoms in total. The van der Waals surface area contributed by atoms with E-state index in [1.807, 2.05) is 42.5 Å². The molecule has 2 aromatic carbocycles. The van der Waals surface area contributed by atoms with E-state index in [-0.39, 0.29) is 0 Å². The average Bonchev–Trinajstić information content (AvgIpc) is 2.92. The standard InChI is InChI=1S/C26H36N2O9/c29-12-20-21(33)22(34)23(35)24(37-20)19-3-1-2-18(11-19)10-17-6-4-16(5-7-17)8-9-27-25(36)28-26(13-30,14-31)15-32/h1-7,11,20-24,29-35H,8-10,12-15H2,(H2,27,28,36)/t20?,21-,22+,23-,24+/m1/s1. The molecule has 2 aromatic rings. The van der Waals surface area contributed by atoms with Crippen LogP contribution >= 0.6 is 0 Å². The minimum absolute atomic E-state index is 0.310. The van der Waals surface area contributed by atoms with Crippen molar-refractivity contribution < 1.29 is 45.3 Å². The number of aliphatic hydroxyl groups is 7. The van der Waals surface area contributed by atoms with Gasteiger partial charge < -0.3 is 51.1 Å². The Labute approximate surface area is 215 Å². The summed E-state index contributed by atoms with van der Waals surface area (Å²) in [5.74, 6) is 0. The molecule has 1 heterocycles. The van der Waals surface area contributed by atoms with E-state index >= 15 is 0 Å². The van der Waals surface area contributed by atoms with Gasteiger partial charge in [0.15, 0.2) is 0 Å². The van der Waals surface area contributed by atoms with Crippen molar-refractivity contribution in [3.8, 4) is 0 Å². The van der Waals surface area contributed by atoms with Crippen LogP contribution in [-0.2, 0) is 17.6 Å². The third kappa shape index (κ3) is 7.24. The van der Waals surface area contributed by atoms with Crippen LogP contribution in [0.2, 0.25) is 0 Å². The molecule has 11 heteroatoms. The van der Waals surface area contributed by atoms with E-state index < -0.39 is 68.5 Å². The van der Waals surface area contributed by atoms with Crippen LogP contribution in [-0.4, -0.2) is 105 Å². The molecule has 1 fully saturated rings. The lowest BCUT2D eigenvalue weighted by Crippen LogP contribution is -2.59. The number of ether oxygens (including phenoxy) is 1. The SMILES string of the molecule is O=C(NCCc1ccc(Cc2cccc([C@@H]3OC(CO)[C@@H](O)[C@H](O)[C@H]3O)c2)cc1)NC(CO)(CO)CO. The van der Waals surface area contributed by atoms with E-state index in [9.17, 15) is 40.5 Å². The Morgan fingerprint density at radius 3 is 2.11 bits per heavy atom. The molecule has 3 rings (SSSR count). The predicted molar refractivity (Wildman–Crippen MR) is 133 cm³/mol. The van der Waals surface area contributed by atoms with Gasteiger partial charge in [-0.2, -0.15) is 0 Å². The molecule has 9 N–H and O–H groups in total. The summed E-state index contributed by atoms with van der Waals surface area (Å²) in [6.07, 6.45) is -4.90. The number of carbonyl (C=O) groups excluding carboxylic acids is 1. The Balaban J connectivity index is 1.55. The summed E-state index contributed by atoms with van der Waals surface area (Å²) in [5.41, 5.74) is 2.10. The molecule has 0 aromatic heterocycles. The molecule has 1 saturated heterocycles. The van der Waals surface area contributed by atoms with Crippen LogP contribution in [0.25, 0.3) is 0 Å². The van der Waals surface area contributed by atoms with Crippen molar-refractivity contribution in [2.45, 2.75) is 48.9 Å². The summed E-state index contributed by atoms with van der Waals surface area (Å²) >= 11 is 0. The average molecular weight is 521 g/mol. The lowest BCUT2D eigenvalue weighted by Gasteiger charge is -2.40. The van der Waals surface area contributed by atoms with Gasteiger partial charge in [0.1, 0.15) is 36.1 Å². The fourth-order valence-corrected chi connectivity index (χ4v) is 4.19. The van der Waals surface area contributed by atoms with Gasteiger partial charge in [-0.3, -0.25) is 0 Å². The number of aliphatic hydroxyl groups excluding tert-OH is 7. The first kappa shape index (κ1) is 29.0. The molecule has 37 heavy (non-hydrogen) atoms. The summed E-state index contributed by atoms with van der Waals surface area (Å²) in [7, 11) is 0. The molecule has 1 aliphatic heterocycles. The second-order valence-electron chi connectivity index (χ2n) is 9.37. The van der Waals surface area contributed by atoms with Crippen LogP contribution in [0, 0.1) is 0 Å². The number of urea groups is 1. The Kier molecular flexibility index (Phi) is 10.4. The molecule has 0 spiro atoms. The van der Waals surface area contributed by atoms with E-state index in [0.29, 0.717) is 24.9 Å². The maximum atomic E-state index is 12.0. The maximum Gasteiger partial charge on any atom is 0.315 e.